The highest BCUT2D eigenvalue weighted by atomic mass is 16.5. The molecule has 0 radical (unpaired) electrons. The maximum Gasteiger partial charge on any atom is 0.315 e. The Balaban J connectivity index is 1.70. The van der Waals surface area contributed by atoms with Crippen LogP contribution < -0.4 is 10.6 Å². The van der Waals surface area contributed by atoms with E-state index >= 15 is 0 Å². The highest BCUT2D eigenvalue weighted by Gasteiger charge is 2.33. The number of hydrogen-bond donors (Lipinski definition) is 3. The SMILES string of the molecule is O=C(NCCc1ncno1)NC1CCCC1C(=O)O. The Morgan fingerprint density at radius 2 is 2.32 bits per heavy atom. The molecule has 1 saturated carbocycles. The summed E-state index contributed by atoms with van der Waals surface area (Å²) in [5.41, 5.74) is 0. The molecule has 3 N–H and O–H groups in total. The summed E-state index contributed by atoms with van der Waals surface area (Å²) in [6, 6.07) is -0.654. The zero-order valence-electron chi connectivity index (χ0n) is 10.3. The van der Waals surface area contributed by atoms with Gasteiger partial charge in [0.15, 0.2) is 6.33 Å². The monoisotopic (exact) mass is 268 g/mol. The maximum atomic E-state index is 11.6. The molecule has 0 aromatic carbocycles. The molecule has 8 heteroatoms. The molecule has 1 aromatic heterocycles. The summed E-state index contributed by atoms with van der Waals surface area (Å²) >= 11 is 0. The van der Waals surface area contributed by atoms with E-state index in [1.165, 1.54) is 6.33 Å². The predicted octanol–water partition coefficient (Wildman–Crippen LogP) is 0.165. The van der Waals surface area contributed by atoms with E-state index in [1.54, 1.807) is 0 Å². The number of rotatable bonds is 5. The molecule has 0 bridgehead atoms. The quantitative estimate of drug-likeness (QED) is 0.700. The number of carbonyl (C=O) groups is 2. The average molecular weight is 268 g/mol. The normalized spacial score (nSPS) is 22.1. The van der Waals surface area contributed by atoms with Gasteiger partial charge in [0.1, 0.15) is 0 Å². The van der Waals surface area contributed by atoms with Crippen LogP contribution in [0.1, 0.15) is 25.2 Å². The summed E-state index contributed by atoms with van der Waals surface area (Å²) in [5, 5.41) is 17.8. The van der Waals surface area contributed by atoms with E-state index in [0.717, 1.165) is 6.42 Å². The fourth-order valence-electron chi connectivity index (χ4n) is 2.24. The number of hydrogen-bond acceptors (Lipinski definition) is 5. The van der Waals surface area contributed by atoms with Crippen molar-refractivity contribution in [3.8, 4) is 0 Å². The number of aliphatic carboxylic acids is 1. The number of aromatic nitrogens is 2. The van der Waals surface area contributed by atoms with E-state index in [2.05, 4.69) is 20.8 Å². The minimum atomic E-state index is -0.853. The molecular weight excluding hydrogens is 252 g/mol. The van der Waals surface area contributed by atoms with E-state index in [1.807, 2.05) is 0 Å². The zero-order valence-corrected chi connectivity index (χ0v) is 10.3. The highest BCUT2D eigenvalue weighted by molar-refractivity contribution is 5.77. The Bertz CT molecular complexity index is 434. The van der Waals surface area contributed by atoms with Gasteiger partial charge < -0.3 is 20.3 Å². The van der Waals surface area contributed by atoms with Gasteiger partial charge in [-0.05, 0) is 12.8 Å². The maximum absolute atomic E-state index is 11.6. The van der Waals surface area contributed by atoms with Crippen molar-refractivity contribution in [2.45, 2.75) is 31.7 Å². The number of carbonyl (C=O) groups excluding carboxylic acids is 1. The molecule has 0 spiro atoms. The summed E-state index contributed by atoms with van der Waals surface area (Å²) in [6.45, 7) is 0.360. The molecular formula is C11H16N4O4. The number of carboxylic acid groups (broad SMARTS) is 1. The van der Waals surface area contributed by atoms with Crippen molar-refractivity contribution in [1.82, 2.24) is 20.8 Å². The molecule has 2 rings (SSSR count). The number of amides is 2. The van der Waals surface area contributed by atoms with Crippen LogP contribution in [0.4, 0.5) is 4.79 Å². The van der Waals surface area contributed by atoms with Crippen LogP contribution in [0, 0.1) is 5.92 Å². The van der Waals surface area contributed by atoms with Gasteiger partial charge in [-0.1, -0.05) is 11.6 Å². The Morgan fingerprint density at radius 1 is 1.47 bits per heavy atom. The van der Waals surface area contributed by atoms with E-state index in [0.29, 0.717) is 31.7 Å². The predicted molar refractivity (Wildman–Crippen MR) is 63.3 cm³/mol. The molecule has 1 aliphatic rings. The summed E-state index contributed by atoms with van der Waals surface area (Å²) in [6.07, 6.45) is 3.88. The summed E-state index contributed by atoms with van der Waals surface area (Å²) < 4.78 is 4.79. The van der Waals surface area contributed by atoms with Crippen LogP contribution in [0.25, 0.3) is 0 Å². The minimum absolute atomic E-state index is 0.291. The van der Waals surface area contributed by atoms with E-state index < -0.39 is 11.9 Å². The van der Waals surface area contributed by atoms with Crippen LogP contribution >= 0.6 is 0 Å². The Labute approximate surface area is 109 Å². The second-order valence-corrected chi connectivity index (χ2v) is 4.47. The lowest BCUT2D eigenvalue weighted by Gasteiger charge is -2.17. The molecule has 2 atom stereocenters. The highest BCUT2D eigenvalue weighted by Crippen LogP contribution is 2.25. The van der Waals surface area contributed by atoms with Crippen LogP contribution in [0.3, 0.4) is 0 Å². The number of urea groups is 1. The first-order valence-corrected chi connectivity index (χ1v) is 6.19. The van der Waals surface area contributed by atoms with Crippen LogP contribution in [-0.4, -0.2) is 39.8 Å². The fourth-order valence-corrected chi connectivity index (χ4v) is 2.24. The first-order valence-electron chi connectivity index (χ1n) is 6.19. The third kappa shape index (κ3) is 3.67. The van der Waals surface area contributed by atoms with Gasteiger partial charge in [-0.2, -0.15) is 4.98 Å². The lowest BCUT2D eigenvalue weighted by Crippen LogP contribution is -2.45. The molecule has 1 fully saturated rings. The summed E-state index contributed by atoms with van der Waals surface area (Å²) in [7, 11) is 0. The van der Waals surface area contributed by atoms with Gasteiger partial charge >= 0.3 is 12.0 Å². The summed E-state index contributed by atoms with van der Waals surface area (Å²) in [5.74, 6) is -0.889. The van der Waals surface area contributed by atoms with Gasteiger partial charge in [0.05, 0.1) is 5.92 Å². The topological polar surface area (TPSA) is 117 Å². The molecule has 2 unspecified atom stereocenters. The third-order valence-corrected chi connectivity index (χ3v) is 3.18. The van der Waals surface area contributed by atoms with Crippen LogP contribution in [0.15, 0.2) is 10.9 Å². The van der Waals surface area contributed by atoms with Crippen molar-refractivity contribution in [3.05, 3.63) is 12.2 Å². The summed E-state index contributed by atoms with van der Waals surface area (Å²) in [4.78, 5) is 26.4. The van der Waals surface area contributed by atoms with Crippen molar-refractivity contribution in [2.24, 2.45) is 5.92 Å². The largest absolute Gasteiger partial charge is 0.481 e. The van der Waals surface area contributed by atoms with Crippen LogP contribution in [0.5, 0.6) is 0 Å². The molecule has 2 amide bonds. The lowest BCUT2D eigenvalue weighted by atomic mass is 10.0. The average Bonchev–Trinajstić information content (AvgIpc) is 2.99. The second-order valence-electron chi connectivity index (χ2n) is 4.47. The van der Waals surface area contributed by atoms with Crippen molar-refractivity contribution < 1.29 is 19.2 Å². The Kier molecular flexibility index (Phi) is 4.32. The number of nitrogens with zero attached hydrogens (tertiary/aromatic N) is 2. The van der Waals surface area contributed by atoms with Crippen molar-refractivity contribution in [3.63, 3.8) is 0 Å². The number of nitrogens with one attached hydrogen (secondary N) is 2. The minimum Gasteiger partial charge on any atom is -0.481 e. The molecule has 1 aromatic rings. The van der Waals surface area contributed by atoms with Gasteiger partial charge in [-0.3, -0.25) is 4.79 Å². The zero-order chi connectivity index (χ0) is 13.7. The number of carboxylic acids is 1. The van der Waals surface area contributed by atoms with Crippen LogP contribution in [0.2, 0.25) is 0 Å². The van der Waals surface area contributed by atoms with Gasteiger partial charge in [0, 0.05) is 19.0 Å². The van der Waals surface area contributed by atoms with Gasteiger partial charge in [-0.25, -0.2) is 4.79 Å². The molecule has 1 aliphatic carbocycles. The van der Waals surface area contributed by atoms with Crippen molar-refractivity contribution in [2.75, 3.05) is 6.54 Å². The molecule has 19 heavy (non-hydrogen) atoms. The Hall–Kier alpha value is -2.12. The molecule has 1 heterocycles. The van der Waals surface area contributed by atoms with Gasteiger partial charge in [-0.15, -0.1) is 0 Å². The molecule has 0 aliphatic heterocycles. The van der Waals surface area contributed by atoms with Crippen molar-refractivity contribution >= 4 is 12.0 Å². The Morgan fingerprint density at radius 3 is 3.00 bits per heavy atom. The molecule has 104 valence electrons. The van der Waals surface area contributed by atoms with Gasteiger partial charge in [0.2, 0.25) is 5.89 Å². The van der Waals surface area contributed by atoms with E-state index in [9.17, 15) is 9.59 Å². The fraction of sp³-hybridized carbons (Fsp3) is 0.636. The smallest absolute Gasteiger partial charge is 0.315 e. The van der Waals surface area contributed by atoms with Gasteiger partial charge in [0.25, 0.3) is 0 Å². The molecule has 0 saturated heterocycles. The molecule has 8 nitrogen and oxygen atoms in total. The first-order chi connectivity index (χ1) is 9.16. The third-order valence-electron chi connectivity index (χ3n) is 3.18. The first kappa shape index (κ1) is 13.3. The standard InChI is InChI=1S/C11H16N4O4/c16-10(17)7-2-1-3-8(7)15-11(18)12-5-4-9-13-6-14-19-9/h6-8H,1-5H2,(H,16,17)(H2,12,15,18). The van der Waals surface area contributed by atoms with E-state index in [-0.39, 0.29) is 12.1 Å². The van der Waals surface area contributed by atoms with Crippen LogP contribution in [-0.2, 0) is 11.2 Å². The van der Waals surface area contributed by atoms with Crippen molar-refractivity contribution in [1.29, 1.82) is 0 Å². The lowest BCUT2D eigenvalue weighted by molar-refractivity contribution is -0.142. The second kappa shape index (κ2) is 6.17. The van der Waals surface area contributed by atoms with E-state index in [4.69, 9.17) is 9.63 Å².